The second-order valence-corrected chi connectivity index (χ2v) is 2.59. The van der Waals surface area contributed by atoms with Gasteiger partial charge in [-0.15, -0.1) is 0 Å². The van der Waals surface area contributed by atoms with E-state index in [1.807, 2.05) is 6.07 Å². The van der Waals surface area contributed by atoms with Crippen molar-refractivity contribution in [3.05, 3.63) is 0 Å². The van der Waals surface area contributed by atoms with Gasteiger partial charge in [-0.3, -0.25) is 0 Å². The van der Waals surface area contributed by atoms with Crippen LogP contribution in [-0.4, -0.2) is 18.2 Å². The molecular formula is C6H10N4O. The molecule has 5 nitrogen and oxygen atoms in total. The summed E-state index contributed by atoms with van der Waals surface area (Å²) in [5, 5.41) is 13.6. The maximum Gasteiger partial charge on any atom is 0.316 e. The second-order valence-electron chi connectivity index (χ2n) is 2.59. The first-order valence-electron chi connectivity index (χ1n) is 3.37. The molecule has 4 N–H and O–H groups in total. The number of nitrogens with zero attached hydrogens (tertiary/aromatic N) is 1. The zero-order valence-electron chi connectivity index (χ0n) is 6.16. The average molecular weight is 154 g/mol. The number of carbonyl (C=O) groups is 1. The highest BCUT2D eigenvalue weighted by Crippen LogP contribution is 2.08. The Balaban J connectivity index is 2.68. The SMILES string of the molecule is CC1NC(=O)NC(N)C1C#N. The van der Waals surface area contributed by atoms with Crippen molar-refractivity contribution in [2.75, 3.05) is 0 Å². The van der Waals surface area contributed by atoms with Crippen LogP contribution in [0.2, 0.25) is 0 Å². The Morgan fingerprint density at radius 3 is 2.73 bits per heavy atom. The summed E-state index contributed by atoms with van der Waals surface area (Å²) in [4.78, 5) is 10.7. The maximum absolute atomic E-state index is 10.7. The number of rotatable bonds is 0. The Bertz CT molecular complexity index is 195. The molecule has 0 bridgehead atoms. The predicted octanol–water partition coefficient (Wildman–Crippen LogP) is -0.888. The van der Waals surface area contributed by atoms with Gasteiger partial charge in [0.2, 0.25) is 0 Å². The van der Waals surface area contributed by atoms with E-state index in [4.69, 9.17) is 11.0 Å². The molecule has 0 aromatic heterocycles. The Kier molecular flexibility index (Phi) is 1.96. The molecule has 0 aromatic carbocycles. The third-order valence-corrected chi connectivity index (χ3v) is 1.73. The first-order valence-corrected chi connectivity index (χ1v) is 3.37. The van der Waals surface area contributed by atoms with Gasteiger partial charge in [0.25, 0.3) is 0 Å². The van der Waals surface area contributed by atoms with Crippen LogP contribution >= 0.6 is 0 Å². The number of urea groups is 1. The van der Waals surface area contributed by atoms with E-state index in [2.05, 4.69) is 10.6 Å². The molecule has 3 atom stereocenters. The average Bonchev–Trinajstić information content (AvgIpc) is 1.85. The van der Waals surface area contributed by atoms with Crippen LogP contribution in [0, 0.1) is 17.2 Å². The lowest BCUT2D eigenvalue weighted by atomic mass is 9.98. The van der Waals surface area contributed by atoms with Crippen LogP contribution in [0.15, 0.2) is 0 Å². The second kappa shape index (κ2) is 2.76. The summed E-state index contributed by atoms with van der Waals surface area (Å²) in [7, 11) is 0. The van der Waals surface area contributed by atoms with Crippen molar-refractivity contribution in [2.45, 2.75) is 19.1 Å². The van der Waals surface area contributed by atoms with Crippen molar-refractivity contribution in [1.82, 2.24) is 10.6 Å². The number of amides is 2. The van der Waals surface area contributed by atoms with E-state index in [1.165, 1.54) is 0 Å². The molecule has 0 saturated carbocycles. The number of nitriles is 1. The Morgan fingerprint density at radius 2 is 2.27 bits per heavy atom. The van der Waals surface area contributed by atoms with Gasteiger partial charge in [0.05, 0.1) is 18.2 Å². The lowest BCUT2D eigenvalue weighted by Crippen LogP contribution is -2.62. The van der Waals surface area contributed by atoms with Crippen LogP contribution < -0.4 is 16.4 Å². The third-order valence-electron chi connectivity index (χ3n) is 1.73. The van der Waals surface area contributed by atoms with E-state index in [-0.39, 0.29) is 18.0 Å². The van der Waals surface area contributed by atoms with E-state index in [0.717, 1.165) is 0 Å². The summed E-state index contributed by atoms with van der Waals surface area (Å²) < 4.78 is 0. The summed E-state index contributed by atoms with van der Waals surface area (Å²) in [6, 6.07) is 1.54. The molecule has 0 aromatic rings. The van der Waals surface area contributed by atoms with Gasteiger partial charge in [0, 0.05) is 6.04 Å². The van der Waals surface area contributed by atoms with Gasteiger partial charge in [-0.1, -0.05) is 0 Å². The van der Waals surface area contributed by atoms with Crippen molar-refractivity contribution in [3.8, 4) is 6.07 Å². The number of hydrogen-bond acceptors (Lipinski definition) is 3. The van der Waals surface area contributed by atoms with E-state index in [0.29, 0.717) is 0 Å². The van der Waals surface area contributed by atoms with Crippen molar-refractivity contribution in [2.24, 2.45) is 11.7 Å². The minimum atomic E-state index is -0.552. The highest BCUT2D eigenvalue weighted by Gasteiger charge is 2.31. The van der Waals surface area contributed by atoms with Crippen LogP contribution in [-0.2, 0) is 0 Å². The fourth-order valence-corrected chi connectivity index (χ4v) is 1.08. The zero-order chi connectivity index (χ0) is 8.43. The Labute approximate surface area is 64.6 Å². The molecule has 1 fully saturated rings. The fourth-order valence-electron chi connectivity index (χ4n) is 1.08. The molecule has 11 heavy (non-hydrogen) atoms. The molecule has 1 aliphatic rings. The van der Waals surface area contributed by atoms with Crippen LogP contribution in [0.3, 0.4) is 0 Å². The summed E-state index contributed by atoms with van der Waals surface area (Å²) in [6.45, 7) is 1.76. The molecule has 0 radical (unpaired) electrons. The minimum Gasteiger partial charge on any atom is -0.334 e. The Hall–Kier alpha value is -1.28. The summed E-state index contributed by atoms with van der Waals surface area (Å²) in [5.74, 6) is -0.354. The number of nitrogens with one attached hydrogen (secondary N) is 2. The van der Waals surface area contributed by atoms with Crippen LogP contribution in [0.5, 0.6) is 0 Å². The summed E-state index contributed by atoms with van der Waals surface area (Å²) in [5.41, 5.74) is 5.48. The predicted molar refractivity (Wildman–Crippen MR) is 38.2 cm³/mol. The maximum atomic E-state index is 10.7. The van der Waals surface area contributed by atoms with Gasteiger partial charge >= 0.3 is 6.03 Å². The van der Waals surface area contributed by atoms with Gasteiger partial charge in [-0.05, 0) is 6.92 Å². The quantitative estimate of drug-likeness (QED) is 0.423. The smallest absolute Gasteiger partial charge is 0.316 e. The molecule has 3 unspecified atom stereocenters. The highest BCUT2D eigenvalue weighted by atomic mass is 16.2. The third kappa shape index (κ3) is 1.41. The largest absolute Gasteiger partial charge is 0.334 e. The first-order chi connectivity index (χ1) is 5.15. The van der Waals surface area contributed by atoms with E-state index >= 15 is 0 Å². The van der Waals surface area contributed by atoms with Gasteiger partial charge in [-0.25, -0.2) is 4.79 Å². The summed E-state index contributed by atoms with van der Waals surface area (Å²) >= 11 is 0. The molecule has 60 valence electrons. The number of hydrogen-bond donors (Lipinski definition) is 3. The molecule has 1 rings (SSSR count). The molecule has 2 amide bonds. The van der Waals surface area contributed by atoms with Crippen molar-refractivity contribution >= 4 is 6.03 Å². The van der Waals surface area contributed by atoms with Crippen molar-refractivity contribution in [1.29, 1.82) is 5.26 Å². The van der Waals surface area contributed by atoms with Crippen molar-refractivity contribution in [3.63, 3.8) is 0 Å². The van der Waals surface area contributed by atoms with E-state index in [9.17, 15) is 4.79 Å². The molecule has 1 saturated heterocycles. The normalized spacial score (nSPS) is 36.8. The number of carbonyl (C=O) groups excluding carboxylic acids is 1. The van der Waals surface area contributed by atoms with Crippen LogP contribution in [0.25, 0.3) is 0 Å². The standard InChI is InChI=1S/C6H10N4O/c1-3-4(2-7)5(8)10-6(11)9-3/h3-5H,8H2,1H3,(H2,9,10,11). The summed E-state index contributed by atoms with van der Waals surface area (Å²) in [6.07, 6.45) is -0.552. The fraction of sp³-hybridized carbons (Fsp3) is 0.667. The molecule has 0 aliphatic carbocycles. The molecule has 1 aliphatic heterocycles. The molecular weight excluding hydrogens is 144 g/mol. The lowest BCUT2D eigenvalue weighted by molar-refractivity contribution is 0.210. The van der Waals surface area contributed by atoms with Gasteiger partial charge < -0.3 is 16.4 Å². The van der Waals surface area contributed by atoms with Crippen LogP contribution in [0.1, 0.15) is 6.92 Å². The Morgan fingerprint density at radius 1 is 1.64 bits per heavy atom. The lowest BCUT2D eigenvalue weighted by Gasteiger charge is -2.30. The minimum absolute atomic E-state index is 0.177. The molecule has 5 heteroatoms. The van der Waals surface area contributed by atoms with Crippen LogP contribution in [0.4, 0.5) is 4.79 Å². The highest BCUT2D eigenvalue weighted by molar-refractivity contribution is 5.75. The van der Waals surface area contributed by atoms with Crippen molar-refractivity contribution < 1.29 is 4.79 Å². The van der Waals surface area contributed by atoms with E-state index in [1.54, 1.807) is 6.92 Å². The number of nitrogens with two attached hydrogens (primary N) is 1. The van der Waals surface area contributed by atoms with Gasteiger partial charge in [0.15, 0.2) is 0 Å². The topological polar surface area (TPSA) is 90.9 Å². The monoisotopic (exact) mass is 154 g/mol. The zero-order valence-corrected chi connectivity index (χ0v) is 6.16. The van der Waals surface area contributed by atoms with Gasteiger partial charge in [-0.2, -0.15) is 5.26 Å². The first kappa shape index (κ1) is 7.82. The molecule has 1 heterocycles. The van der Waals surface area contributed by atoms with E-state index < -0.39 is 6.17 Å². The van der Waals surface area contributed by atoms with Gasteiger partial charge in [0.1, 0.15) is 0 Å². The molecule has 0 spiro atoms.